The number of nitrogens with two attached hydrogens (primary N) is 1. The Morgan fingerprint density at radius 1 is 1.39 bits per heavy atom. The fourth-order valence-electron chi connectivity index (χ4n) is 1.70. The molecule has 0 fully saturated rings. The third-order valence-corrected chi connectivity index (χ3v) is 3.00. The van der Waals surface area contributed by atoms with E-state index in [9.17, 15) is 4.79 Å². The van der Waals surface area contributed by atoms with Crippen LogP contribution in [0.4, 0.5) is 10.5 Å². The summed E-state index contributed by atoms with van der Waals surface area (Å²) < 4.78 is 0. The van der Waals surface area contributed by atoms with Gasteiger partial charge in [0.15, 0.2) is 0 Å². The van der Waals surface area contributed by atoms with Crippen molar-refractivity contribution >= 4 is 11.7 Å². The van der Waals surface area contributed by atoms with Crippen LogP contribution < -0.4 is 16.0 Å². The molecule has 0 aliphatic heterocycles. The lowest BCUT2D eigenvalue weighted by Gasteiger charge is -2.21. The predicted molar refractivity (Wildman–Crippen MR) is 75.7 cm³/mol. The highest BCUT2D eigenvalue weighted by molar-refractivity contribution is 5.90. The van der Waals surface area contributed by atoms with E-state index >= 15 is 0 Å². The number of amides is 2. The molecule has 0 aliphatic carbocycles. The Labute approximate surface area is 109 Å². The highest BCUT2D eigenvalue weighted by atomic mass is 16.2. The van der Waals surface area contributed by atoms with E-state index in [0.717, 1.165) is 25.1 Å². The number of nitrogens with one attached hydrogen (secondary N) is 1. The van der Waals surface area contributed by atoms with Crippen molar-refractivity contribution in [3.63, 3.8) is 0 Å². The van der Waals surface area contributed by atoms with E-state index in [1.165, 1.54) is 0 Å². The standard InChI is InChI=1S/C14H23N3O/c1-3-12(2)16-10-7-11-17(14(15)18)13-8-5-4-6-9-13/h4-6,8-9,12,16H,3,7,10-11H2,1-2H3,(H2,15,18). The van der Waals surface area contributed by atoms with Crippen molar-refractivity contribution in [1.82, 2.24) is 5.32 Å². The molecule has 1 atom stereocenters. The molecule has 100 valence electrons. The molecule has 0 aliphatic rings. The number of nitrogens with zero attached hydrogens (tertiary/aromatic N) is 1. The molecule has 1 unspecified atom stereocenters. The zero-order chi connectivity index (χ0) is 13.4. The summed E-state index contributed by atoms with van der Waals surface area (Å²) in [6.07, 6.45) is 2.00. The third kappa shape index (κ3) is 4.75. The van der Waals surface area contributed by atoms with E-state index < -0.39 is 6.03 Å². The number of hydrogen-bond donors (Lipinski definition) is 2. The van der Waals surface area contributed by atoms with Crippen LogP contribution >= 0.6 is 0 Å². The van der Waals surface area contributed by atoms with E-state index in [2.05, 4.69) is 19.2 Å². The smallest absolute Gasteiger partial charge is 0.319 e. The summed E-state index contributed by atoms with van der Waals surface area (Å²) >= 11 is 0. The number of urea groups is 1. The van der Waals surface area contributed by atoms with E-state index in [1.54, 1.807) is 4.90 Å². The van der Waals surface area contributed by atoms with Gasteiger partial charge in [0.05, 0.1) is 0 Å². The van der Waals surface area contributed by atoms with E-state index in [0.29, 0.717) is 12.6 Å². The predicted octanol–water partition coefficient (Wildman–Crippen LogP) is 2.35. The van der Waals surface area contributed by atoms with Gasteiger partial charge in [0.2, 0.25) is 0 Å². The van der Waals surface area contributed by atoms with Gasteiger partial charge < -0.3 is 11.1 Å². The average Bonchev–Trinajstić information content (AvgIpc) is 2.38. The number of rotatable bonds is 7. The second-order valence-electron chi connectivity index (χ2n) is 4.44. The first-order chi connectivity index (χ1) is 8.65. The molecule has 0 spiro atoms. The van der Waals surface area contributed by atoms with Crippen LogP contribution in [-0.2, 0) is 0 Å². The van der Waals surface area contributed by atoms with Crippen LogP contribution in [0.5, 0.6) is 0 Å². The van der Waals surface area contributed by atoms with Crippen LogP contribution in [-0.4, -0.2) is 25.2 Å². The second-order valence-corrected chi connectivity index (χ2v) is 4.44. The summed E-state index contributed by atoms with van der Waals surface area (Å²) in [6, 6.07) is 9.64. The van der Waals surface area contributed by atoms with Crippen LogP contribution in [0.1, 0.15) is 26.7 Å². The lowest BCUT2D eigenvalue weighted by atomic mass is 10.2. The number of benzene rings is 1. The van der Waals surface area contributed by atoms with Crippen LogP contribution in [0.25, 0.3) is 0 Å². The molecule has 4 nitrogen and oxygen atoms in total. The molecule has 0 saturated heterocycles. The quantitative estimate of drug-likeness (QED) is 0.729. The van der Waals surface area contributed by atoms with Crippen molar-refractivity contribution in [2.75, 3.05) is 18.0 Å². The van der Waals surface area contributed by atoms with Crippen molar-refractivity contribution in [2.45, 2.75) is 32.7 Å². The molecule has 0 radical (unpaired) electrons. The maximum atomic E-state index is 11.4. The summed E-state index contributed by atoms with van der Waals surface area (Å²) in [6.45, 7) is 5.84. The molecule has 0 heterocycles. The minimum Gasteiger partial charge on any atom is -0.351 e. The summed E-state index contributed by atoms with van der Waals surface area (Å²) in [5.41, 5.74) is 6.26. The largest absolute Gasteiger partial charge is 0.351 e. The first-order valence-corrected chi connectivity index (χ1v) is 6.50. The van der Waals surface area contributed by atoms with Gasteiger partial charge in [0.25, 0.3) is 0 Å². The fourth-order valence-corrected chi connectivity index (χ4v) is 1.70. The van der Waals surface area contributed by atoms with Gasteiger partial charge in [-0.1, -0.05) is 25.1 Å². The molecule has 0 saturated carbocycles. The first-order valence-electron chi connectivity index (χ1n) is 6.50. The lowest BCUT2D eigenvalue weighted by Crippen LogP contribution is -2.38. The van der Waals surface area contributed by atoms with Gasteiger partial charge in [-0.3, -0.25) is 4.90 Å². The van der Waals surface area contributed by atoms with E-state index in [4.69, 9.17) is 5.73 Å². The molecule has 1 rings (SSSR count). The van der Waals surface area contributed by atoms with Crippen LogP contribution in [0.15, 0.2) is 30.3 Å². The normalized spacial score (nSPS) is 12.1. The Morgan fingerprint density at radius 3 is 2.61 bits per heavy atom. The number of anilines is 1. The Hall–Kier alpha value is -1.55. The van der Waals surface area contributed by atoms with Crippen molar-refractivity contribution in [2.24, 2.45) is 5.73 Å². The topological polar surface area (TPSA) is 58.4 Å². The monoisotopic (exact) mass is 249 g/mol. The van der Waals surface area contributed by atoms with E-state index in [-0.39, 0.29) is 0 Å². The fraction of sp³-hybridized carbons (Fsp3) is 0.500. The highest BCUT2D eigenvalue weighted by Crippen LogP contribution is 2.12. The molecule has 0 aromatic heterocycles. The zero-order valence-electron chi connectivity index (χ0n) is 11.2. The first kappa shape index (κ1) is 14.5. The Balaban J connectivity index is 2.43. The SMILES string of the molecule is CCC(C)NCCCN(C(N)=O)c1ccccc1. The van der Waals surface area contributed by atoms with Crippen LogP contribution in [0.2, 0.25) is 0 Å². The molecular weight excluding hydrogens is 226 g/mol. The van der Waals surface area contributed by atoms with Crippen LogP contribution in [0.3, 0.4) is 0 Å². The Kier molecular flexibility index (Phi) is 6.22. The maximum absolute atomic E-state index is 11.4. The van der Waals surface area contributed by atoms with Crippen molar-refractivity contribution in [1.29, 1.82) is 0 Å². The molecule has 18 heavy (non-hydrogen) atoms. The molecule has 4 heteroatoms. The molecule has 0 bridgehead atoms. The van der Waals surface area contributed by atoms with E-state index in [1.807, 2.05) is 30.3 Å². The summed E-state index contributed by atoms with van der Waals surface area (Å²) in [7, 11) is 0. The number of carbonyl (C=O) groups is 1. The highest BCUT2D eigenvalue weighted by Gasteiger charge is 2.11. The van der Waals surface area contributed by atoms with Crippen molar-refractivity contribution in [3.8, 4) is 0 Å². The van der Waals surface area contributed by atoms with Crippen molar-refractivity contribution < 1.29 is 4.79 Å². The lowest BCUT2D eigenvalue weighted by molar-refractivity contribution is 0.254. The molecule has 2 amide bonds. The number of hydrogen-bond acceptors (Lipinski definition) is 2. The molecule has 1 aromatic carbocycles. The van der Waals surface area contributed by atoms with Gasteiger partial charge in [0.1, 0.15) is 0 Å². The number of primary amides is 1. The van der Waals surface area contributed by atoms with Gasteiger partial charge in [-0.2, -0.15) is 0 Å². The van der Waals surface area contributed by atoms with Gasteiger partial charge >= 0.3 is 6.03 Å². The van der Waals surface area contributed by atoms with Gasteiger partial charge in [-0.05, 0) is 38.4 Å². The number of carbonyl (C=O) groups excluding carboxylic acids is 1. The minimum absolute atomic E-state index is 0.398. The minimum atomic E-state index is -0.398. The second kappa shape index (κ2) is 7.71. The summed E-state index contributed by atoms with van der Waals surface area (Å²) in [5.74, 6) is 0. The number of para-hydroxylation sites is 1. The molecular formula is C14H23N3O. The third-order valence-electron chi connectivity index (χ3n) is 3.00. The maximum Gasteiger partial charge on any atom is 0.319 e. The van der Waals surface area contributed by atoms with Gasteiger partial charge in [-0.25, -0.2) is 4.79 Å². The Bertz CT molecular complexity index is 353. The summed E-state index contributed by atoms with van der Waals surface area (Å²) in [4.78, 5) is 13.0. The molecule has 3 N–H and O–H groups in total. The zero-order valence-corrected chi connectivity index (χ0v) is 11.2. The van der Waals surface area contributed by atoms with Gasteiger partial charge in [-0.15, -0.1) is 0 Å². The Morgan fingerprint density at radius 2 is 2.06 bits per heavy atom. The van der Waals surface area contributed by atoms with Crippen LogP contribution in [0, 0.1) is 0 Å². The van der Waals surface area contributed by atoms with Gasteiger partial charge in [0, 0.05) is 18.3 Å². The average molecular weight is 249 g/mol. The van der Waals surface area contributed by atoms with Crippen molar-refractivity contribution in [3.05, 3.63) is 30.3 Å². The summed E-state index contributed by atoms with van der Waals surface area (Å²) in [5, 5.41) is 3.40. The molecule has 1 aromatic rings.